The first kappa shape index (κ1) is 17.1. The SMILES string of the molecule is CCP(CC)CC.[Pt].[Pt]. The molecule has 0 fully saturated rings. The summed E-state index contributed by atoms with van der Waals surface area (Å²) in [5, 5.41) is 0. The van der Waals surface area contributed by atoms with Gasteiger partial charge in [-0.3, -0.25) is 0 Å². The largest absolute Gasteiger partial charge is 0.108 e. The molecule has 9 heavy (non-hydrogen) atoms. The molecule has 0 aromatic carbocycles. The summed E-state index contributed by atoms with van der Waals surface area (Å²) in [6.45, 7) is 6.87. The van der Waals surface area contributed by atoms with Crippen molar-refractivity contribution in [2.24, 2.45) is 0 Å². The minimum atomic E-state index is 0. The number of hydrogen-bond acceptors (Lipinski definition) is 0. The van der Waals surface area contributed by atoms with Gasteiger partial charge in [0, 0.05) is 42.1 Å². The van der Waals surface area contributed by atoms with Gasteiger partial charge in [0.2, 0.25) is 0 Å². The second kappa shape index (κ2) is 12.5. The Labute approximate surface area is 88.8 Å². The Kier molecular flexibility index (Phi) is 23.6. The molecule has 3 heteroatoms. The van der Waals surface area contributed by atoms with Crippen LogP contribution in [0.25, 0.3) is 0 Å². The minimum absolute atomic E-state index is 0. The maximum absolute atomic E-state index is 2.29. The van der Waals surface area contributed by atoms with Gasteiger partial charge in [-0.2, -0.15) is 0 Å². The van der Waals surface area contributed by atoms with Crippen molar-refractivity contribution in [3.63, 3.8) is 0 Å². The molecule has 0 heterocycles. The molecule has 0 saturated heterocycles. The molecule has 0 unspecified atom stereocenters. The first-order valence-electron chi connectivity index (χ1n) is 3.07. The average molecular weight is 508 g/mol. The van der Waals surface area contributed by atoms with E-state index in [0.717, 1.165) is 0 Å². The van der Waals surface area contributed by atoms with Crippen molar-refractivity contribution in [1.82, 2.24) is 0 Å². The van der Waals surface area contributed by atoms with Gasteiger partial charge in [0.1, 0.15) is 0 Å². The van der Waals surface area contributed by atoms with E-state index >= 15 is 0 Å². The van der Waals surface area contributed by atoms with Crippen LogP contribution in [-0.2, 0) is 42.1 Å². The van der Waals surface area contributed by atoms with Crippen LogP contribution in [0.3, 0.4) is 0 Å². The van der Waals surface area contributed by atoms with E-state index in [1.165, 1.54) is 18.5 Å². The molecule has 0 rings (SSSR count). The number of rotatable bonds is 3. The van der Waals surface area contributed by atoms with E-state index in [4.69, 9.17) is 0 Å². The molecule has 0 radical (unpaired) electrons. The molecule has 0 aromatic rings. The van der Waals surface area contributed by atoms with Gasteiger partial charge >= 0.3 is 0 Å². The van der Waals surface area contributed by atoms with Gasteiger partial charge in [0.15, 0.2) is 0 Å². The van der Waals surface area contributed by atoms with Crippen LogP contribution in [0.5, 0.6) is 0 Å². The molecule has 0 aliphatic heterocycles. The normalized spacial score (nSPS) is 8.00. The fourth-order valence-corrected chi connectivity index (χ4v) is 2.01. The van der Waals surface area contributed by atoms with Crippen LogP contribution in [0, 0.1) is 0 Å². The van der Waals surface area contributed by atoms with Gasteiger partial charge in [-0.05, 0) is 18.5 Å². The van der Waals surface area contributed by atoms with Gasteiger partial charge in [-0.15, -0.1) is 7.92 Å². The molecule has 0 N–H and O–H groups in total. The van der Waals surface area contributed by atoms with Gasteiger partial charge in [0.05, 0.1) is 0 Å². The van der Waals surface area contributed by atoms with E-state index in [9.17, 15) is 0 Å². The van der Waals surface area contributed by atoms with Crippen LogP contribution in [0.1, 0.15) is 20.8 Å². The zero-order valence-corrected chi connectivity index (χ0v) is 11.6. The van der Waals surface area contributed by atoms with Crippen LogP contribution >= 0.6 is 7.92 Å². The summed E-state index contributed by atoms with van der Waals surface area (Å²) >= 11 is 0. The molecule has 0 bridgehead atoms. The second-order valence-corrected chi connectivity index (χ2v) is 4.86. The molecular weight excluding hydrogens is 493 g/mol. The molecule has 0 saturated carbocycles. The van der Waals surface area contributed by atoms with Crippen molar-refractivity contribution in [3.05, 3.63) is 0 Å². The third-order valence-electron chi connectivity index (χ3n) is 1.34. The van der Waals surface area contributed by atoms with E-state index in [1.54, 1.807) is 0 Å². The minimum Gasteiger partial charge on any atom is -0.108 e. The standard InChI is InChI=1S/C6H15P.2Pt/c1-4-7(5-2)6-3;;/h4-6H2,1-3H3;;. The predicted molar refractivity (Wildman–Crippen MR) is 38.5 cm³/mol. The van der Waals surface area contributed by atoms with Gasteiger partial charge in [-0.25, -0.2) is 0 Å². The van der Waals surface area contributed by atoms with Crippen molar-refractivity contribution in [1.29, 1.82) is 0 Å². The summed E-state index contributed by atoms with van der Waals surface area (Å²) < 4.78 is 0. The van der Waals surface area contributed by atoms with Crippen molar-refractivity contribution in [2.75, 3.05) is 18.5 Å². The smallest absolute Gasteiger partial charge is 0 e. The Bertz CT molecular complexity index is 32.5. The first-order chi connectivity index (χ1) is 3.35. The molecular formula is C6H15PPt2. The summed E-state index contributed by atoms with van der Waals surface area (Å²) in [6, 6.07) is 0. The van der Waals surface area contributed by atoms with Crippen LogP contribution in [-0.4, -0.2) is 18.5 Å². The number of hydrogen-bond donors (Lipinski definition) is 0. The maximum Gasteiger partial charge on any atom is 0 e. The average Bonchev–Trinajstić information content (AvgIpc) is 1.72. The molecule has 0 aliphatic carbocycles. The summed E-state index contributed by atoms with van der Waals surface area (Å²) in [4.78, 5) is 0. The molecule has 0 atom stereocenters. The molecule has 0 aliphatic rings. The van der Waals surface area contributed by atoms with E-state index in [-0.39, 0.29) is 42.1 Å². The van der Waals surface area contributed by atoms with Gasteiger partial charge in [0.25, 0.3) is 0 Å². The zero-order chi connectivity index (χ0) is 5.70. The molecule has 0 amide bonds. The zero-order valence-electron chi connectivity index (χ0n) is 6.20. The Balaban J connectivity index is -0.000000180. The van der Waals surface area contributed by atoms with Crippen LogP contribution in [0.15, 0.2) is 0 Å². The van der Waals surface area contributed by atoms with Crippen molar-refractivity contribution in [2.45, 2.75) is 20.8 Å². The topological polar surface area (TPSA) is 0 Å². The Morgan fingerprint density at radius 3 is 1.00 bits per heavy atom. The maximum atomic E-state index is 2.29. The fourth-order valence-electron chi connectivity index (χ4n) is 0.671. The van der Waals surface area contributed by atoms with Crippen LogP contribution < -0.4 is 0 Å². The van der Waals surface area contributed by atoms with Crippen molar-refractivity contribution < 1.29 is 42.1 Å². The van der Waals surface area contributed by atoms with E-state index < -0.39 is 0 Å². The molecule has 0 nitrogen and oxygen atoms in total. The van der Waals surface area contributed by atoms with Crippen molar-refractivity contribution >= 4 is 7.92 Å². The Morgan fingerprint density at radius 2 is 1.00 bits per heavy atom. The van der Waals surface area contributed by atoms with Crippen molar-refractivity contribution in [3.8, 4) is 0 Å². The van der Waals surface area contributed by atoms with E-state index in [0.29, 0.717) is 7.92 Å². The second-order valence-electron chi connectivity index (χ2n) is 1.62. The summed E-state index contributed by atoms with van der Waals surface area (Å²) in [6.07, 6.45) is 4.26. The molecule has 0 spiro atoms. The Morgan fingerprint density at radius 1 is 0.778 bits per heavy atom. The van der Waals surface area contributed by atoms with E-state index in [2.05, 4.69) is 20.8 Å². The summed E-state index contributed by atoms with van der Waals surface area (Å²) in [5.41, 5.74) is 0. The third-order valence-corrected chi connectivity index (χ3v) is 4.02. The molecule has 64 valence electrons. The monoisotopic (exact) mass is 508 g/mol. The summed E-state index contributed by atoms with van der Waals surface area (Å²) in [7, 11) is 0.446. The Hall–Kier alpha value is 1.81. The first-order valence-corrected chi connectivity index (χ1v) is 4.97. The fraction of sp³-hybridized carbons (Fsp3) is 1.00. The van der Waals surface area contributed by atoms with E-state index in [1.807, 2.05) is 0 Å². The summed E-state index contributed by atoms with van der Waals surface area (Å²) in [5.74, 6) is 0. The predicted octanol–water partition coefficient (Wildman–Crippen LogP) is 2.52. The van der Waals surface area contributed by atoms with Crippen LogP contribution in [0.2, 0.25) is 0 Å². The van der Waals surface area contributed by atoms with Crippen LogP contribution in [0.4, 0.5) is 0 Å². The van der Waals surface area contributed by atoms with Gasteiger partial charge in [-0.1, -0.05) is 20.8 Å². The molecule has 0 aromatic heterocycles. The quantitative estimate of drug-likeness (QED) is 0.515. The third kappa shape index (κ3) is 9.81. The van der Waals surface area contributed by atoms with Gasteiger partial charge < -0.3 is 0 Å².